The molecule has 0 aliphatic heterocycles. The lowest BCUT2D eigenvalue weighted by Gasteiger charge is -2.04. The van der Waals surface area contributed by atoms with Gasteiger partial charge in [0.05, 0.1) is 6.20 Å². The Morgan fingerprint density at radius 3 is 2.36 bits per heavy atom. The van der Waals surface area contributed by atoms with Crippen molar-refractivity contribution in [1.29, 1.82) is 0 Å². The first-order valence-electron chi connectivity index (χ1n) is 2.61. The van der Waals surface area contributed by atoms with Crippen LogP contribution in [0.1, 0.15) is 5.69 Å². The summed E-state index contributed by atoms with van der Waals surface area (Å²) in [5.74, 6) is -1.38. The largest absolute Gasteiger partial charge is 0.436 e. The van der Waals surface area contributed by atoms with Crippen LogP contribution in [-0.2, 0) is 6.18 Å². The number of hydrogen-bond acceptors (Lipinski definition) is 1. The lowest BCUT2D eigenvalue weighted by molar-refractivity contribution is -0.143. The van der Waals surface area contributed by atoms with Gasteiger partial charge in [0.25, 0.3) is 0 Å². The average molecular weight is 164 g/mol. The number of aromatic nitrogens is 1. The Morgan fingerprint density at radius 2 is 2.00 bits per heavy atom. The van der Waals surface area contributed by atoms with Crippen LogP contribution in [0.4, 0.5) is 17.6 Å². The molecular formula is C6H2F4N. The Labute approximate surface area is 59.7 Å². The van der Waals surface area contributed by atoms with Crippen LogP contribution in [0.15, 0.2) is 12.1 Å². The molecule has 5 heteroatoms. The van der Waals surface area contributed by atoms with E-state index in [9.17, 15) is 17.6 Å². The van der Waals surface area contributed by atoms with E-state index in [1.165, 1.54) is 0 Å². The molecular weight excluding hydrogens is 162 g/mol. The van der Waals surface area contributed by atoms with E-state index in [2.05, 4.69) is 4.98 Å². The Balaban J connectivity index is 3.14. The summed E-state index contributed by atoms with van der Waals surface area (Å²) >= 11 is 0. The molecule has 0 fully saturated rings. The maximum absolute atomic E-state index is 12.3. The van der Waals surface area contributed by atoms with E-state index in [0.29, 0.717) is 6.07 Å². The van der Waals surface area contributed by atoms with Crippen molar-refractivity contribution in [2.45, 2.75) is 6.18 Å². The van der Waals surface area contributed by atoms with Gasteiger partial charge < -0.3 is 0 Å². The van der Waals surface area contributed by atoms with Crippen molar-refractivity contribution in [2.24, 2.45) is 0 Å². The molecule has 1 rings (SSSR count). The summed E-state index contributed by atoms with van der Waals surface area (Å²) in [4.78, 5) is 2.72. The second-order valence-electron chi connectivity index (χ2n) is 1.77. The average Bonchev–Trinajstić information content (AvgIpc) is 1.86. The minimum atomic E-state index is -4.73. The van der Waals surface area contributed by atoms with Gasteiger partial charge in [-0.2, -0.15) is 13.2 Å². The summed E-state index contributed by atoms with van der Waals surface area (Å²) in [6, 6.07) is 1.64. The zero-order valence-electron chi connectivity index (χ0n) is 5.11. The highest BCUT2D eigenvalue weighted by molar-refractivity contribution is 5.09. The molecule has 1 aromatic heterocycles. The topological polar surface area (TPSA) is 12.9 Å². The minimum Gasteiger partial charge on any atom is -0.239 e. The van der Waals surface area contributed by atoms with Crippen molar-refractivity contribution < 1.29 is 17.6 Å². The molecule has 59 valence electrons. The van der Waals surface area contributed by atoms with Crippen LogP contribution in [0.2, 0.25) is 0 Å². The number of alkyl halides is 3. The molecule has 0 aliphatic carbocycles. The van der Waals surface area contributed by atoms with Crippen LogP contribution >= 0.6 is 0 Å². The van der Waals surface area contributed by atoms with Gasteiger partial charge in [0, 0.05) is 0 Å². The fraction of sp³-hybridized carbons (Fsp3) is 0.167. The zero-order chi connectivity index (χ0) is 8.48. The van der Waals surface area contributed by atoms with Gasteiger partial charge in [-0.1, -0.05) is 0 Å². The summed E-state index contributed by atoms with van der Waals surface area (Å²) in [5, 5.41) is 0. The van der Waals surface area contributed by atoms with E-state index in [1.807, 2.05) is 6.20 Å². The molecule has 0 amide bonds. The Kier molecular flexibility index (Phi) is 1.80. The molecule has 0 aliphatic rings. The maximum atomic E-state index is 12.3. The van der Waals surface area contributed by atoms with Crippen LogP contribution in [-0.4, -0.2) is 4.98 Å². The molecule has 11 heavy (non-hydrogen) atoms. The van der Waals surface area contributed by atoms with Crippen molar-refractivity contribution in [3.63, 3.8) is 0 Å². The van der Waals surface area contributed by atoms with Gasteiger partial charge >= 0.3 is 6.18 Å². The van der Waals surface area contributed by atoms with E-state index in [-0.39, 0.29) is 0 Å². The third-order valence-corrected chi connectivity index (χ3v) is 0.975. The maximum Gasteiger partial charge on any atom is 0.436 e. The molecule has 0 bridgehead atoms. The highest BCUT2D eigenvalue weighted by Crippen LogP contribution is 2.28. The molecule has 1 radical (unpaired) electrons. The van der Waals surface area contributed by atoms with Crippen molar-refractivity contribution >= 4 is 0 Å². The van der Waals surface area contributed by atoms with Crippen molar-refractivity contribution in [3.8, 4) is 0 Å². The van der Waals surface area contributed by atoms with Gasteiger partial charge in [-0.25, -0.2) is 9.37 Å². The molecule has 0 atom stereocenters. The van der Waals surface area contributed by atoms with Crippen LogP contribution in [0.3, 0.4) is 0 Å². The van der Waals surface area contributed by atoms with Crippen LogP contribution in [0.25, 0.3) is 0 Å². The van der Waals surface area contributed by atoms with Gasteiger partial charge in [-0.15, -0.1) is 0 Å². The fourth-order valence-corrected chi connectivity index (χ4v) is 0.543. The molecule has 0 unspecified atom stereocenters. The molecule has 0 saturated carbocycles. The Bertz CT molecular complexity index is 255. The Hall–Kier alpha value is -1.13. The first kappa shape index (κ1) is 7.97. The lowest BCUT2D eigenvalue weighted by atomic mass is 10.3. The fourth-order valence-electron chi connectivity index (χ4n) is 0.543. The SMILES string of the molecule is Fc1cc[c]nc1C(F)(F)F. The summed E-state index contributed by atoms with van der Waals surface area (Å²) in [5.41, 5.74) is -1.53. The summed E-state index contributed by atoms with van der Waals surface area (Å²) in [6.07, 6.45) is -2.84. The first-order valence-corrected chi connectivity index (χ1v) is 2.61. The predicted molar refractivity (Wildman–Crippen MR) is 28.0 cm³/mol. The van der Waals surface area contributed by atoms with E-state index >= 15 is 0 Å². The second-order valence-corrected chi connectivity index (χ2v) is 1.77. The molecule has 0 N–H and O–H groups in total. The van der Waals surface area contributed by atoms with Gasteiger partial charge in [0.15, 0.2) is 11.5 Å². The molecule has 0 aromatic carbocycles. The minimum absolute atomic E-state index is 0.663. The standard InChI is InChI=1S/C6H2F4N/c7-4-2-1-3-11-5(4)6(8,9)10/h1-2H. The smallest absolute Gasteiger partial charge is 0.239 e. The Morgan fingerprint density at radius 1 is 1.36 bits per heavy atom. The van der Waals surface area contributed by atoms with E-state index in [1.54, 1.807) is 0 Å². The van der Waals surface area contributed by atoms with Crippen LogP contribution in [0.5, 0.6) is 0 Å². The van der Waals surface area contributed by atoms with E-state index in [4.69, 9.17) is 0 Å². The highest BCUT2D eigenvalue weighted by atomic mass is 19.4. The van der Waals surface area contributed by atoms with Crippen molar-refractivity contribution in [3.05, 3.63) is 29.8 Å². The second kappa shape index (κ2) is 2.48. The summed E-state index contributed by atoms with van der Waals surface area (Å²) in [6.45, 7) is 0. The number of rotatable bonds is 0. The molecule has 0 spiro atoms. The molecule has 0 saturated heterocycles. The molecule has 1 heterocycles. The van der Waals surface area contributed by atoms with Crippen LogP contribution in [0, 0.1) is 12.0 Å². The lowest BCUT2D eigenvalue weighted by Crippen LogP contribution is -2.10. The third kappa shape index (κ3) is 1.66. The van der Waals surface area contributed by atoms with Gasteiger partial charge in [0.1, 0.15) is 0 Å². The normalized spacial score (nSPS) is 11.6. The van der Waals surface area contributed by atoms with Crippen molar-refractivity contribution in [2.75, 3.05) is 0 Å². The number of nitrogens with zero attached hydrogens (tertiary/aromatic N) is 1. The molecule has 1 nitrogen and oxygen atoms in total. The van der Waals surface area contributed by atoms with Crippen molar-refractivity contribution in [1.82, 2.24) is 4.98 Å². The van der Waals surface area contributed by atoms with Gasteiger partial charge in [-0.3, -0.25) is 0 Å². The number of pyridine rings is 1. The summed E-state index contributed by atoms with van der Waals surface area (Å²) in [7, 11) is 0. The van der Waals surface area contributed by atoms with E-state index in [0.717, 1.165) is 6.07 Å². The highest BCUT2D eigenvalue weighted by Gasteiger charge is 2.35. The predicted octanol–water partition coefficient (Wildman–Crippen LogP) is 2.04. The molecule has 1 aromatic rings. The van der Waals surface area contributed by atoms with Gasteiger partial charge in [-0.05, 0) is 12.1 Å². The monoisotopic (exact) mass is 164 g/mol. The first-order chi connectivity index (χ1) is 5.02. The zero-order valence-corrected chi connectivity index (χ0v) is 5.11. The summed E-state index contributed by atoms with van der Waals surface area (Å²) < 4.78 is 47.5. The number of halogens is 4. The number of hydrogen-bond donors (Lipinski definition) is 0. The quantitative estimate of drug-likeness (QED) is 0.534. The van der Waals surface area contributed by atoms with Crippen LogP contribution < -0.4 is 0 Å². The van der Waals surface area contributed by atoms with Gasteiger partial charge in [0.2, 0.25) is 0 Å². The third-order valence-electron chi connectivity index (χ3n) is 0.975. The van der Waals surface area contributed by atoms with E-state index < -0.39 is 17.7 Å².